The quantitative estimate of drug-likeness (QED) is 0.410. The van der Waals surface area contributed by atoms with Crippen molar-refractivity contribution in [2.75, 3.05) is 0 Å². The molecule has 22 heavy (non-hydrogen) atoms. The van der Waals surface area contributed by atoms with Gasteiger partial charge in [0.2, 0.25) is 0 Å². The molecule has 0 aliphatic rings. The average molecular weight is 416 g/mol. The van der Waals surface area contributed by atoms with E-state index in [0.29, 0.717) is 0 Å². The van der Waals surface area contributed by atoms with Gasteiger partial charge >= 0.3 is 0 Å². The van der Waals surface area contributed by atoms with Gasteiger partial charge in [-0.25, -0.2) is 0 Å². The van der Waals surface area contributed by atoms with Gasteiger partial charge in [0.25, 0.3) is 0 Å². The molecule has 0 bridgehead atoms. The molecule has 110 valence electrons. The van der Waals surface area contributed by atoms with Crippen LogP contribution in [0.4, 0.5) is 0 Å². The van der Waals surface area contributed by atoms with Crippen molar-refractivity contribution in [2.24, 2.45) is 0 Å². The lowest BCUT2D eigenvalue weighted by molar-refractivity contribution is 1.30. The van der Waals surface area contributed by atoms with Gasteiger partial charge < -0.3 is 0 Å². The minimum Gasteiger partial charge on any atom is -0.0876 e. The normalized spacial score (nSPS) is 10.6. The molecule has 0 aliphatic heterocycles. The zero-order chi connectivity index (χ0) is 15.4. The average Bonchev–Trinajstić information content (AvgIpc) is 2.61. The Morgan fingerprint density at radius 3 is 1.86 bits per heavy atom. The summed E-state index contributed by atoms with van der Waals surface area (Å²) in [6.45, 7) is 0. The van der Waals surface area contributed by atoms with E-state index in [1.54, 1.807) is 0 Å². The number of hydrogen-bond donors (Lipinski definition) is 0. The van der Waals surface area contributed by atoms with E-state index < -0.39 is 0 Å². The van der Waals surface area contributed by atoms with E-state index in [9.17, 15) is 0 Å². The third-order valence-electron chi connectivity index (χ3n) is 3.85. The minimum atomic E-state index is 0.854. The lowest BCUT2D eigenvalue weighted by atomic mass is 9.91. The van der Waals surface area contributed by atoms with Gasteiger partial charge in [-0.05, 0) is 33.4 Å². The molecule has 0 unspecified atom stereocenters. The summed E-state index contributed by atoms with van der Waals surface area (Å²) in [5.41, 5.74) is 7.79. The van der Waals surface area contributed by atoms with Crippen LogP contribution in [0.15, 0.2) is 72.8 Å². The monoisotopic (exact) mass is 414 g/mol. The molecule has 0 aliphatic carbocycles. The van der Waals surface area contributed by atoms with E-state index in [-0.39, 0.29) is 0 Å². The SMILES string of the molecule is BrCc1cccc(-c2ccccc2-c2ccccc2)c1CBr. The fourth-order valence-electron chi connectivity index (χ4n) is 2.76. The molecule has 0 radical (unpaired) electrons. The van der Waals surface area contributed by atoms with Crippen LogP contribution in [0, 0.1) is 0 Å². The van der Waals surface area contributed by atoms with Gasteiger partial charge in [0.15, 0.2) is 0 Å². The molecule has 3 rings (SSSR count). The van der Waals surface area contributed by atoms with Crippen LogP contribution in [-0.4, -0.2) is 0 Å². The molecule has 3 aromatic rings. The van der Waals surface area contributed by atoms with Crippen molar-refractivity contribution in [2.45, 2.75) is 10.7 Å². The molecule has 0 N–H and O–H groups in total. The van der Waals surface area contributed by atoms with Crippen molar-refractivity contribution in [1.29, 1.82) is 0 Å². The largest absolute Gasteiger partial charge is 0.0876 e. The first-order valence-electron chi connectivity index (χ1n) is 7.22. The second-order valence-corrected chi connectivity index (χ2v) is 6.24. The zero-order valence-corrected chi connectivity index (χ0v) is 15.3. The van der Waals surface area contributed by atoms with Gasteiger partial charge in [-0.3, -0.25) is 0 Å². The summed E-state index contributed by atoms with van der Waals surface area (Å²) in [6, 6.07) is 25.7. The maximum Gasteiger partial charge on any atom is 0.0292 e. The Kier molecular flexibility index (Phi) is 5.12. The fraction of sp³-hybridized carbons (Fsp3) is 0.100. The maximum atomic E-state index is 3.66. The standard InChI is InChI=1S/C20H16Br2/c21-13-16-9-6-12-19(20(16)14-22)18-11-5-4-10-17(18)15-7-2-1-3-8-15/h1-12H,13-14H2. The molecule has 0 aromatic heterocycles. The summed E-state index contributed by atoms with van der Waals surface area (Å²) in [7, 11) is 0. The first-order chi connectivity index (χ1) is 10.8. The van der Waals surface area contributed by atoms with Crippen molar-refractivity contribution in [3.8, 4) is 22.3 Å². The molecular formula is C20H16Br2. The van der Waals surface area contributed by atoms with Crippen molar-refractivity contribution in [3.63, 3.8) is 0 Å². The van der Waals surface area contributed by atoms with Crippen LogP contribution in [0.25, 0.3) is 22.3 Å². The lowest BCUT2D eigenvalue weighted by Crippen LogP contribution is -1.94. The van der Waals surface area contributed by atoms with Crippen LogP contribution in [0.5, 0.6) is 0 Å². The molecule has 3 aromatic carbocycles. The van der Waals surface area contributed by atoms with Gasteiger partial charge in [-0.1, -0.05) is 105 Å². The van der Waals surface area contributed by atoms with Crippen LogP contribution in [0.3, 0.4) is 0 Å². The van der Waals surface area contributed by atoms with Crippen molar-refractivity contribution in [3.05, 3.63) is 83.9 Å². The Labute approximate surface area is 148 Å². The van der Waals surface area contributed by atoms with E-state index >= 15 is 0 Å². The molecule has 2 heteroatoms. The van der Waals surface area contributed by atoms with E-state index in [4.69, 9.17) is 0 Å². The van der Waals surface area contributed by atoms with E-state index in [1.165, 1.54) is 33.4 Å². The highest BCUT2D eigenvalue weighted by atomic mass is 79.9. The topological polar surface area (TPSA) is 0 Å². The first-order valence-corrected chi connectivity index (χ1v) is 9.47. The third-order valence-corrected chi connectivity index (χ3v) is 5.02. The summed E-state index contributed by atoms with van der Waals surface area (Å²) < 4.78 is 0. The molecule has 0 fully saturated rings. The molecule has 0 saturated heterocycles. The Morgan fingerprint density at radius 2 is 1.18 bits per heavy atom. The predicted octanol–water partition coefficient (Wildman–Crippen LogP) is 6.81. The number of alkyl halides is 2. The highest BCUT2D eigenvalue weighted by molar-refractivity contribution is 9.09. The fourth-order valence-corrected chi connectivity index (χ4v) is 3.94. The van der Waals surface area contributed by atoms with Crippen molar-refractivity contribution in [1.82, 2.24) is 0 Å². The lowest BCUT2D eigenvalue weighted by Gasteiger charge is -2.15. The second kappa shape index (κ2) is 7.26. The Hall–Kier alpha value is -1.38. The van der Waals surface area contributed by atoms with E-state index in [2.05, 4.69) is 105 Å². The minimum absolute atomic E-state index is 0.854. The Balaban J connectivity index is 2.22. The molecule has 0 spiro atoms. The molecule has 0 nitrogen and oxygen atoms in total. The Morgan fingerprint density at radius 1 is 0.545 bits per heavy atom. The Bertz CT molecular complexity index is 764. The number of benzene rings is 3. The highest BCUT2D eigenvalue weighted by Gasteiger charge is 2.12. The van der Waals surface area contributed by atoms with E-state index in [1.807, 2.05) is 0 Å². The summed E-state index contributed by atoms with van der Waals surface area (Å²) in [6.07, 6.45) is 0. The molecule has 0 saturated carbocycles. The number of hydrogen-bond acceptors (Lipinski definition) is 0. The molecule has 0 heterocycles. The molecule has 0 amide bonds. The molecular weight excluding hydrogens is 400 g/mol. The van der Waals surface area contributed by atoms with Crippen LogP contribution in [0.2, 0.25) is 0 Å². The number of rotatable bonds is 4. The summed E-state index contributed by atoms with van der Waals surface area (Å²) >= 11 is 7.26. The smallest absolute Gasteiger partial charge is 0.0292 e. The van der Waals surface area contributed by atoms with E-state index in [0.717, 1.165) is 10.7 Å². The summed E-state index contributed by atoms with van der Waals surface area (Å²) in [5.74, 6) is 0. The molecule has 0 atom stereocenters. The van der Waals surface area contributed by atoms with Gasteiger partial charge in [0.1, 0.15) is 0 Å². The van der Waals surface area contributed by atoms with Gasteiger partial charge in [0, 0.05) is 10.7 Å². The van der Waals surface area contributed by atoms with Gasteiger partial charge in [-0.2, -0.15) is 0 Å². The second-order valence-electron chi connectivity index (χ2n) is 5.12. The maximum absolute atomic E-state index is 3.66. The van der Waals surface area contributed by atoms with Crippen LogP contribution in [-0.2, 0) is 10.7 Å². The zero-order valence-electron chi connectivity index (χ0n) is 12.1. The van der Waals surface area contributed by atoms with Crippen molar-refractivity contribution >= 4 is 31.9 Å². The van der Waals surface area contributed by atoms with Gasteiger partial charge in [-0.15, -0.1) is 0 Å². The van der Waals surface area contributed by atoms with Crippen LogP contribution >= 0.6 is 31.9 Å². The highest BCUT2D eigenvalue weighted by Crippen LogP contribution is 2.36. The third kappa shape index (κ3) is 3.04. The first kappa shape index (κ1) is 15.5. The summed E-state index contributed by atoms with van der Waals surface area (Å²) in [4.78, 5) is 0. The predicted molar refractivity (Wildman–Crippen MR) is 103 cm³/mol. The van der Waals surface area contributed by atoms with Crippen molar-refractivity contribution < 1.29 is 0 Å². The van der Waals surface area contributed by atoms with Crippen LogP contribution < -0.4 is 0 Å². The van der Waals surface area contributed by atoms with Crippen LogP contribution in [0.1, 0.15) is 11.1 Å². The number of halogens is 2. The summed E-state index contributed by atoms with van der Waals surface area (Å²) in [5, 5.41) is 1.72. The van der Waals surface area contributed by atoms with Gasteiger partial charge in [0.05, 0.1) is 0 Å².